The highest BCUT2D eigenvalue weighted by Crippen LogP contribution is 2.32. The van der Waals surface area contributed by atoms with Crippen LogP contribution in [0, 0.1) is 10.1 Å². The van der Waals surface area contributed by atoms with Gasteiger partial charge in [-0.2, -0.15) is 4.31 Å². The second-order valence-corrected chi connectivity index (χ2v) is 8.01. The van der Waals surface area contributed by atoms with Crippen LogP contribution in [0.25, 0.3) is 0 Å². The van der Waals surface area contributed by atoms with Crippen LogP contribution in [-0.4, -0.2) is 56.0 Å². The van der Waals surface area contributed by atoms with Crippen molar-refractivity contribution < 1.29 is 18.1 Å². The molecule has 1 saturated heterocycles. The highest BCUT2D eigenvalue weighted by atomic mass is 32.2. The number of morpholine rings is 1. The van der Waals surface area contributed by atoms with Crippen LogP contribution in [0.2, 0.25) is 0 Å². The zero-order valence-electron chi connectivity index (χ0n) is 14.8. The highest BCUT2D eigenvalue weighted by Gasteiger charge is 2.31. The van der Waals surface area contributed by atoms with Gasteiger partial charge >= 0.3 is 0 Å². The SMILES string of the molecule is CN(Cc1ccccn1)c1ccc([N+](=O)[O-])cc1S(=O)(=O)N1CCOCC1. The first-order valence-electron chi connectivity index (χ1n) is 8.37. The summed E-state index contributed by atoms with van der Waals surface area (Å²) in [5.74, 6) is 0. The van der Waals surface area contributed by atoms with Crippen LogP contribution in [0.1, 0.15) is 5.69 Å². The molecule has 0 radical (unpaired) electrons. The van der Waals surface area contributed by atoms with Crippen LogP contribution in [0.4, 0.5) is 11.4 Å². The Morgan fingerprint density at radius 1 is 1.26 bits per heavy atom. The van der Waals surface area contributed by atoms with Gasteiger partial charge in [-0.3, -0.25) is 15.1 Å². The quantitative estimate of drug-likeness (QED) is 0.543. The molecule has 0 atom stereocenters. The molecule has 0 spiro atoms. The number of hydrogen-bond acceptors (Lipinski definition) is 7. The molecule has 10 heteroatoms. The maximum atomic E-state index is 13.1. The van der Waals surface area contributed by atoms with Crippen LogP contribution in [-0.2, 0) is 21.3 Å². The maximum absolute atomic E-state index is 13.1. The number of benzene rings is 1. The molecule has 2 aromatic rings. The number of nitrogens with zero attached hydrogens (tertiary/aromatic N) is 4. The lowest BCUT2D eigenvalue weighted by Crippen LogP contribution is -2.41. The van der Waals surface area contributed by atoms with E-state index >= 15 is 0 Å². The molecule has 0 unspecified atom stereocenters. The van der Waals surface area contributed by atoms with Crippen LogP contribution in [0.5, 0.6) is 0 Å². The molecule has 0 amide bonds. The summed E-state index contributed by atoms with van der Waals surface area (Å²) in [4.78, 5) is 16.5. The number of non-ortho nitro benzene ring substituents is 1. The van der Waals surface area contributed by atoms with Crippen LogP contribution in [0.15, 0.2) is 47.5 Å². The first kappa shape index (κ1) is 19.2. The number of rotatable bonds is 6. The first-order chi connectivity index (χ1) is 12.9. The summed E-state index contributed by atoms with van der Waals surface area (Å²) in [6.45, 7) is 1.40. The third-order valence-corrected chi connectivity index (χ3v) is 6.21. The van der Waals surface area contributed by atoms with E-state index in [2.05, 4.69) is 4.98 Å². The van der Waals surface area contributed by atoms with Gasteiger partial charge in [0.1, 0.15) is 4.90 Å². The molecule has 27 heavy (non-hydrogen) atoms. The van der Waals surface area contributed by atoms with Crippen molar-refractivity contribution >= 4 is 21.4 Å². The average Bonchev–Trinajstić information content (AvgIpc) is 2.69. The Morgan fingerprint density at radius 3 is 2.63 bits per heavy atom. The van der Waals surface area contributed by atoms with E-state index in [0.717, 1.165) is 11.8 Å². The maximum Gasteiger partial charge on any atom is 0.270 e. The number of anilines is 1. The van der Waals surface area contributed by atoms with Crippen molar-refractivity contribution in [2.24, 2.45) is 0 Å². The molecule has 0 saturated carbocycles. The van der Waals surface area contributed by atoms with Crippen molar-refractivity contribution in [2.75, 3.05) is 38.3 Å². The number of nitro groups is 1. The molecule has 1 aromatic heterocycles. The third-order valence-electron chi connectivity index (χ3n) is 4.28. The van der Waals surface area contributed by atoms with Crippen molar-refractivity contribution in [2.45, 2.75) is 11.4 Å². The van der Waals surface area contributed by atoms with E-state index in [0.29, 0.717) is 25.4 Å². The Morgan fingerprint density at radius 2 is 2.00 bits per heavy atom. The van der Waals surface area contributed by atoms with Gasteiger partial charge in [0.15, 0.2) is 0 Å². The summed E-state index contributed by atoms with van der Waals surface area (Å²) < 4.78 is 32.8. The minimum Gasteiger partial charge on any atom is -0.379 e. The van der Waals surface area contributed by atoms with E-state index in [1.54, 1.807) is 24.2 Å². The van der Waals surface area contributed by atoms with E-state index in [1.807, 2.05) is 12.1 Å². The largest absolute Gasteiger partial charge is 0.379 e. The second-order valence-electron chi connectivity index (χ2n) is 6.10. The number of aromatic nitrogens is 1. The van der Waals surface area contributed by atoms with Crippen molar-refractivity contribution in [3.05, 3.63) is 58.4 Å². The molecule has 1 aromatic carbocycles. The van der Waals surface area contributed by atoms with Gasteiger partial charge in [0.2, 0.25) is 10.0 Å². The highest BCUT2D eigenvalue weighted by molar-refractivity contribution is 7.89. The lowest BCUT2D eigenvalue weighted by molar-refractivity contribution is -0.385. The molecule has 144 valence electrons. The molecule has 1 fully saturated rings. The molecule has 1 aliphatic heterocycles. The zero-order valence-corrected chi connectivity index (χ0v) is 15.6. The molecule has 0 aliphatic carbocycles. The fraction of sp³-hybridized carbons (Fsp3) is 0.353. The van der Waals surface area contributed by atoms with Crippen molar-refractivity contribution in [3.63, 3.8) is 0 Å². The van der Waals surface area contributed by atoms with Gasteiger partial charge in [0.25, 0.3) is 5.69 Å². The van der Waals surface area contributed by atoms with Crippen LogP contribution < -0.4 is 4.90 Å². The fourth-order valence-electron chi connectivity index (χ4n) is 2.88. The fourth-order valence-corrected chi connectivity index (χ4v) is 4.55. The Labute approximate surface area is 157 Å². The third kappa shape index (κ3) is 4.24. The number of nitro benzene ring substituents is 1. The Kier molecular flexibility index (Phi) is 5.68. The van der Waals surface area contributed by atoms with Gasteiger partial charge in [0, 0.05) is 38.5 Å². The van der Waals surface area contributed by atoms with E-state index in [1.165, 1.54) is 16.4 Å². The lowest BCUT2D eigenvalue weighted by Gasteiger charge is -2.28. The monoisotopic (exact) mass is 392 g/mol. The molecular weight excluding hydrogens is 372 g/mol. The van der Waals surface area contributed by atoms with Crippen molar-refractivity contribution in [3.8, 4) is 0 Å². The summed E-state index contributed by atoms with van der Waals surface area (Å²) in [6.07, 6.45) is 1.66. The van der Waals surface area contributed by atoms with Gasteiger partial charge in [0.05, 0.1) is 36.1 Å². The van der Waals surface area contributed by atoms with Gasteiger partial charge in [-0.25, -0.2) is 8.42 Å². The zero-order chi connectivity index (χ0) is 19.4. The standard InChI is InChI=1S/C17H20N4O5S/c1-19(13-14-4-2-3-7-18-14)16-6-5-15(21(22)23)12-17(16)27(24,25)20-8-10-26-11-9-20/h2-7,12H,8-11,13H2,1H3. The average molecular weight is 392 g/mol. The smallest absolute Gasteiger partial charge is 0.270 e. The molecule has 3 rings (SSSR count). The van der Waals surface area contributed by atoms with E-state index in [4.69, 9.17) is 4.74 Å². The van der Waals surface area contributed by atoms with Crippen molar-refractivity contribution in [1.82, 2.24) is 9.29 Å². The van der Waals surface area contributed by atoms with Crippen molar-refractivity contribution in [1.29, 1.82) is 0 Å². The Bertz CT molecular complexity index is 914. The summed E-state index contributed by atoms with van der Waals surface area (Å²) in [5.41, 5.74) is 0.877. The minimum atomic E-state index is -3.90. The van der Waals surface area contributed by atoms with Gasteiger partial charge < -0.3 is 9.64 Å². The van der Waals surface area contributed by atoms with Gasteiger partial charge in [-0.1, -0.05) is 6.07 Å². The summed E-state index contributed by atoms with van der Waals surface area (Å²) in [6, 6.07) is 9.37. The molecule has 0 bridgehead atoms. The predicted octanol–water partition coefficient (Wildman–Crippen LogP) is 1.65. The van der Waals surface area contributed by atoms with E-state index < -0.39 is 14.9 Å². The first-order valence-corrected chi connectivity index (χ1v) is 9.81. The summed E-state index contributed by atoms with van der Waals surface area (Å²) in [7, 11) is -2.17. The van der Waals surface area contributed by atoms with Crippen LogP contribution >= 0.6 is 0 Å². The van der Waals surface area contributed by atoms with Crippen LogP contribution in [0.3, 0.4) is 0 Å². The normalized spacial score (nSPS) is 15.4. The molecular formula is C17H20N4O5S. The molecule has 9 nitrogen and oxygen atoms in total. The minimum absolute atomic E-state index is 0.0861. The van der Waals surface area contributed by atoms with E-state index in [9.17, 15) is 18.5 Å². The lowest BCUT2D eigenvalue weighted by atomic mass is 10.2. The molecule has 1 aliphatic rings. The number of hydrogen-bond donors (Lipinski definition) is 0. The number of ether oxygens (including phenoxy) is 1. The Balaban J connectivity index is 2.01. The topological polar surface area (TPSA) is 106 Å². The molecule has 2 heterocycles. The predicted molar refractivity (Wildman–Crippen MR) is 99.0 cm³/mol. The summed E-state index contributed by atoms with van der Waals surface area (Å²) in [5, 5.41) is 11.2. The number of pyridine rings is 1. The van der Waals surface area contributed by atoms with E-state index in [-0.39, 0.29) is 23.7 Å². The molecule has 0 N–H and O–H groups in total. The summed E-state index contributed by atoms with van der Waals surface area (Å²) >= 11 is 0. The van der Waals surface area contributed by atoms with Gasteiger partial charge in [-0.05, 0) is 18.2 Å². The Hall–Kier alpha value is -2.56. The second kappa shape index (κ2) is 7.99. The number of sulfonamides is 1. The van der Waals surface area contributed by atoms with Gasteiger partial charge in [-0.15, -0.1) is 0 Å².